The number of likely N-dealkylation sites (tertiary alicyclic amines) is 1. The van der Waals surface area contributed by atoms with Crippen LogP contribution >= 0.6 is 0 Å². The van der Waals surface area contributed by atoms with Crippen molar-refractivity contribution >= 4 is 22.7 Å². The van der Waals surface area contributed by atoms with Crippen LogP contribution in [-0.2, 0) is 9.63 Å². The Morgan fingerprint density at radius 2 is 1.75 bits per heavy atom. The van der Waals surface area contributed by atoms with E-state index < -0.39 is 6.10 Å². The van der Waals surface area contributed by atoms with Crippen LogP contribution in [0.15, 0.2) is 64.2 Å². The average Bonchev–Trinajstić information content (AvgIpc) is 3.41. The highest BCUT2D eigenvalue weighted by Gasteiger charge is 2.35. The van der Waals surface area contributed by atoms with Gasteiger partial charge in [0.15, 0.2) is 11.5 Å². The van der Waals surface area contributed by atoms with Gasteiger partial charge >= 0.3 is 0 Å². The summed E-state index contributed by atoms with van der Waals surface area (Å²) in [4.78, 5) is 24.8. The van der Waals surface area contributed by atoms with Crippen LogP contribution in [0, 0.1) is 0 Å². The number of para-hydroxylation sites is 2. The number of aromatic nitrogens is 1. The maximum absolute atomic E-state index is 12.8. The first-order valence-electron chi connectivity index (χ1n) is 9.70. The summed E-state index contributed by atoms with van der Waals surface area (Å²) >= 11 is 0. The summed E-state index contributed by atoms with van der Waals surface area (Å²) < 4.78 is 5.91. The third-order valence-corrected chi connectivity index (χ3v) is 5.52. The van der Waals surface area contributed by atoms with Gasteiger partial charge in [-0.2, -0.15) is 0 Å². The van der Waals surface area contributed by atoms with Crippen molar-refractivity contribution in [2.75, 3.05) is 13.1 Å². The van der Waals surface area contributed by atoms with Gasteiger partial charge in [-0.15, -0.1) is 0 Å². The number of amides is 1. The van der Waals surface area contributed by atoms with Gasteiger partial charge in [-0.25, -0.2) is 4.98 Å². The molecule has 0 saturated carbocycles. The van der Waals surface area contributed by atoms with Gasteiger partial charge < -0.3 is 14.2 Å². The second-order valence-electron chi connectivity index (χ2n) is 7.32. The summed E-state index contributed by atoms with van der Waals surface area (Å²) in [5, 5.41) is 4.13. The molecule has 1 unspecified atom stereocenters. The molecule has 0 spiro atoms. The molecule has 1 aromatic heterocycles. The van der Waals surface area contributed by atoms with E-state index in [4.69, 9.17) is 9.25 Å². The first kappa shape index (κ1) is 17.0. The lowest BCUT2D eigenvalue weighted by Gasteiger charge is -2.31. The van der Waals surface area contributed by atoms with Gasteiger partial charge in [0.2, 0.25) is 6.10 Å². The summed E-state index contributed by atoms with van der Waals surface area (Å²) in [5.41, 5.74) is 3.55. The van der Waals surface area contributed by atoms with Crippen LogP contribution in [0.3, 0.4) is 0 Å². The van der Waals surface area contributed by atoms with Crippen molar-refractivity contribution in [2.24, 2.45) is 5.16 Å². The predicted molar refractivity (Wildman–Crippen MR) is 105 cm³/mol. The Bertz CT molecular complexity index is 987. The fourth-order valence-corrected chi connectivity index (χ4v) is 3.93. The molecule has 1 saturated heterocycles. The molecule has 1 amide bonds. The van der Waals surface area contributed by atoms with Gasteiger partial charge in [0.25, 0.3) is 5.91 Å². The Morgan fingerprint density at radius 1 is 1.00 bits per heavy atom. The first-order valence-corrected chi connectivity index (χ1v) is 9.70. The highest BCUT2D eigenvalue weighted by atomic mass is 16.6. The highest BCUT2D eigenvalue weighted by Crippen LogP contribution is 2.30. The van der Waals surface area contributed by atoms with E-state index in [9.17, 15) is 4.79 Å². The monoisotopic (exact) mass is 375 g/mol. The van der Waals surface area contributed by atoms with Crippen molar-refractivity contribution < 1.29 is 14.0 Å². The van der Waals surface area contributed by atoms with Crippen molar-refractivity contribution in [1.29, 1.82) is 0 Å². The molecule has 1 atom stereocenters. The lowest BCUT2D eigenvalue weighted by atomic mass is 9.96. The summed E-state index contributed by atoms with van der Waals surface area (Å²) in [7, 11) is 0. The maximum atomic E-state index is 12.8. The number of fused-ring (bicyclic) bond motifs is 1. The molecule has 142 valence electrons. The Morgan fingerprint density at radius 3 is 2.54 bits per heavy atom. The normalized spacial score (nSPS) is 20.2. The molecule has 3 heterocycles. The number of carbonyl (C=O) groups excluding carboxylic acids is 1. The molecule has 5 rings (SSSR count). The third kappa shape index (κ3) is 3.15. The summed E-state index contributed by atoms with van der Waals surface area (Å²) in [6.45, 7) is 1.37. The van der Waals surface area contributed by atoms with Crippen LogP contribution in [0.1, 0.15) is 36.6 Å². The van der Waals surface area contributed by atoms with E-state index in [1.165, 1.54) is 0 Å². The van der Waals surface area contributed by atoms with E-state index in [-0.39, 0.29) is 11.8 Å². The number of nitrogens with zero attached hydrogens (tertiary/aromatic N) is 3. The number of benzene rings is 2. The molecule has 2 aliphatic heterocycles. The Labute approximate surface area is 162 Å². The Balaban J connectivity index is 1.19. The van der Waals surface area contributed by atoms with Crippen LogP contribution in [0.5, 0.6) is 0 Å². The summed E-state index contributed by atoms with van der Waals surface area (Å²) in [6.07, 6.45) is 1.69. The molecule has 0 aliphatic carbocycles. The SMILES string of the molecule is O=C(C1CC(c2ccccc2)=NO1)N1CCC(c2nc3ccccc3o2)CC1. The fourth-order valence-electron chi connectivity index (χ4n) is 3.93. The minimum absolute atomic E-state index is 0.0192. The first-order chi connectivity index (χ1) is 13.8. The van der Waals surface area contributed by atoms with Gasteiger partial charge in [-0.05, 0) is 30.5 Å². The van der Waals surface area contributed by atoms with E-state index in [2.05, 4.69) is 10.1 Å². The second kappa shape index (κ2) is 7.11. The van der Waals surface area contributed by atoms with E-state index in [0.717, 1.165) is 41.1 Å². The molecule has 0 radical (unpaired) electrons. The van der Waals surface area contributed by atoms with Crippen LogP contribution in [-0.4, -0.2) is 40.7 Å². The number of rotatable bonds is 3. The molecule has 2 aromatic carbocycles. The highest BCUT2D eigenvalue weighted by molar-refractivity contribution is 6.04. The molecule has 6 nitrogen and oxygen atoms in total. The minimum Gasteiger partial charge on any atom is -0.440 e. The number of oxazole rings is 1. The molecule has 0 bridgehead atoms. The number of piperidine rings is 1. The maximum Gasteiger partial charge on any atom is 0.266 e. The number of carbonyl (C=O) groups is 1. The molecule has 6 heteroatoms. The van der Waals surface area contributed by atoms with Gasteiger partial charge in [-0.3, -0.25) is 4.79 Å². The van der Waals surface area contributed by atoms with Crippen LogP contribution < -0.4 is 0 Å². The zero-order chi connectivity index (χ0) is 18.9. The number of oxime groups is 1. The van der Waals surface area contributed by atoms with Gasteiger partial charge in [0, 0.05) is 25.4 Å². The number of hydrogen-bond donors (Lipinski definition) is 0. The van der Waals surface area contributed by atoms with E-state index in [1.54, 1.807) is 0 Å². The summed E-state index contributed by atoms with van der Waals surface area (Å²) in [6, 6.07) is 17.7. The van der Waals surface area contributed by atoms with Gasteiger partial charge in [-0.1, -0.05) is 47.6 Å². The van der Waals surface area contributed by atoms with Crippen LogP contribution in [0.4, 0.5) is 0 Å². The average molecular weight is 375 g/mol. The zero-order valence-electron chi connectivity index (χ0n) is 15.5. The van der Waals surface area contributed by atoms with Gasteiger partial charge in [0.1, 0.15) is 5.52 Å². The topological polar surface area (TPSA) is 67.9 Å². The van der Waals surface area contributed by atoms with Gasteiger partial charge in [0.05, 0.1) is 5.71 Å². The minimum atomic E-state index is -0.518. The molecule has 3 aromatic rings. The van der Waals surface area contributed by atoms with E-state index in [0.29, 0.717) is 19.5 Å². The quantitative estimate of drug-likeness (QED) is 0.700. The second-order valence-corrected chi connectivity index (χ2v) is 7.32. The number of hydrogen-bond acceptors (Lipinski definition) is 5. The lowest BCUT2D eigenvalue weighted by Crippen LogP contribution is -2.43. The van der Waals surface area contributed by atoms with Crippen molar-refractivity contribution in [1.82, 2.24) is 9.88 Å². The lowest BCUT2D eigenvalue weighted by molar-refractivity contribution is -0.143. The van der Waals surface area contributed by atoms with Crippen molar-refractivity contribution in [3.8, 4) is 0 Å². The van der Waals surface area contributed by atoms with Crippen molar-refractivity contribution in [2.45, 2.75) is 31.3 Å². The Kier molecular flexibility index (Phi) is 4.31. The largest absolute Gasteiger partial charge is 0.440 e. The zero-order valence-corrected chi connectivity index (χ0v) is 15.5. The summed E-state index contributed by atoms with van der Waals surface area (Å²) in [5.74, 6) is 1.04. The van der Waals surface area contributed by atoms with E-state index in [1.807, 2.05) is 59.5 Å². The van der Waals surface area contributed by atoms with Crippen LogP contribution in [0.2, 0.25) is 0 Å². The predicted octanol–water partition coefficient (Wildman–Crippen LogP) is 3.73. The molecule has 28 heavy (non-hydrogen) atoms. The molecular weight excluding hydrogens is 354 g/mol. The van der Waals surface area contributed by atoms with Crippen LogP contribution in [0.25, 0.3) is 11.1 Å². The van der Waals surface area contributed by atoms with Crippen molar-refractivity contribution in [3.63, 3.8) is 0 Å². The smallest absolute Gasteiger partial charge is 0.266 e. The van der Waals surface area contributed by atoms with Crippen molar-refractivity contribution in [3.05, 3.63) is 66.1 Å². The molecule has 1 fully saturated rings. The molecule has 2 aliphatic rings. The standard InChI is InChI=1S/C22H21N3O3/c26-22(20-14-18(24-28-20)15-6-2-1-3-7-15)25-12-10-16(11-13-25)21-23-17-8-4-5-9-19(17)27-21/h1-9,16,20H,10-14H2. The third-order valence-electron chi connectivity index (χ3n) is 5.52. The molecule has 0 N–H and O–H groups in total. The fraction of sp³-hybridized carbons (Fsp3) is 0.318. The molecular formula is C22H21N3O3. The Hall–Kier alpha value is -3.15. The van der Waals surface area contributed by atoms with E-state index >= 15 is 0 Å².